The molecule has 5 heteroatoms. The van der Waals surface area contributed by atoms with Crippen LogP contribution in [0.5, 0.6) is 5.75 Å². The minimum Gasteiger partial charge on any atom is -0.493 e. The third-order valence-electron chi connectivity index (χ3n) is 3.17. The maximum atomic E-state index is 12.4. The van der Waals surface area contributed by atoms with E-state index in [2.05, 4.69) is 4.90 Å². The normalized spacial score (nSPS) is 16.1. The maximum Gasteiger partial charge on any atom is 0.180 e. The van der Waals surface area contributed by atoms with Gasteiger partial charge in [-0.15, -0.1) is 0 Å². The number of morpholine rings is 1. The molecule has 1 aromatic rings. The molecular formula is C15H20ClNO3. The number of rotatable bonds is 6. The summed E-state index contributed by atoms with van der Waals surface area (Å²) in [5.74, 6) is 0.662. The second-order valence-corrected chi connectivity index (χ2v) is 5.24. The Labute approximate surface area is 124 Å². The van der Waals surface area contributed by atoms with Crippen LogP contribution >= 0.6 is 11.6 Å². The Bertz CT molecular complexity index is 458. The lowest BCUT2D eigenvalue weighted by Gasteiger charge is -2.26. The van der Waals surface area contributed by atoms with E-state index in [-0.39, 0.29) is 5.78 Å². The first-order valence-electron chi connectivity index (χ1n) is 6.96. The first-order valence-corrected chi connectivity index (χ1v) is 7.34. The molecule has 0 bridgehead atoms. The predicted molar refractivity (Wildman–Crippen MR) is 78.8 cm³/mol. The van der Waals surface area contributed by atoms with Crippen LogP contribution in [0.25, 0.3) is 0 Å². The molecule has 0 atom stereocenters. The molecule has 1 heterocycles. The van der Waals surface area contributed by atoms with Crippen LogP contribution in [-0.2, 0) is 4.74 Å². The maximum absolute atomic E-state index is 12.4. The summed E-state index contributed by atoms with van der Waals surface area (Å²) in [6.07, 6.45) is 0.903. The molecule has 110 valence electrons. The van der Waals surface area contributed by atoms with Crippen molar-refractivity contribution in [2.45, 2.75) is 13.3 Å². The first-order chi connectivity index (χ1) is 9.70. The van der Waals surface area contributed by atoms with Crippen molar-refractivity contribution in [3.8, 4) is 5.75 Å². The Morgan fingerprint density at radius 1 is 1.40 bits per heavy atom. The Morgan fingerprint density at radius 3 is 2.85 bits per heavy atom. The highest BCUT2D eigenvalue weighted by Gasteiger charge is 2.18. The highest BCUT2D eigenvalue weighted by Crippen LogP contribution is 2.24. The van der Waals surface area contributed by atoms with Gasteiger partial charge in [-0.05, 0) is 24.6 Å². The molecule has 0 spiro atoms. The summed E-state index contributed by atoms with van der Waals surface area (Å²) < 4.78 is 10.9. The number of nitrogens with zero attached hydrogens (tertiary/aromatic N) is 1. The lowest BCUT2D eigenvalue weighted by atomic mass is 10.1. The van der Waals surface area contributed by atoms with Crippen LogP contribution in [0.2, 0.25) is 5.02 Å². The van der Waals surface area contributed by atoms with Crippen LogP contribution in [0.4, 0.5) is 0 Å². The number of Topliss-reactive ketones (excluding diaryl/α,β-unsaturated/α-hetero) is 1. The third-order valence-corrected chi connectivity index (χ3v) is 3.41. The van der Waals surface area contributed by atoms with Crippen LogP contribution < -0.4 is 4.74 Å². The molecule has 1 aliphatic rings. The number of ether oxygens (including phenoxy) is 2. The molecule has 0 radical (unpaired) electrons. The van der Waals surface area contributed by atoms with Gasteiger partial charge in [0.05, 0.1) is 31.9 Å². The average Bonchev–Trinajstić information content (AvgIpc) is 2.47. The Balaban J connectivity index is 2.08. The zero-order valence-electron chi connectivity index (χ0n) is 11.7. The van der Waals surface area contributed by atoms with Crippen LogP contribution in [0.1, 0.15) is 23.7 Å². The van der Waals surface area contributed by atoms with Gasteiger partial charge in [-0.1, -0.05) is 18.5 Å². The standard InChI is InChI=1S/C15H20ClNO3/c1-2-7-20-15-4-3-12(16)10-13(15)14(18)11-17-5-8-19-9-6-17/h3-4,10H,2,5-9,11H2,1H3. The van der Waals surface area contributed by atoms with E-state index in [1.54, 1.807) is 18.2 Å². The van der Waals surface area contributed by atoms with E-state index >= 15 is 0 Å². The highest BCUT2D eigenvalue weighted by molar-refractivity contribution is 6.31. The van der Waals surface area contributed by atoms with Crippen LogP contribution in [0, 0.1) is 0 Å². The van der Waals surface area contributed by atoms with Gasteiger partial charge in [0.15, 0.2) is 5.78 Å². The molecule has 0 amide bonds. The zero-order chi connectivity index (χ0) is 14.4. The fraction of sp³-hybridized carbons (Fsp3) is 0.533. The van der Waals surface area contributed by atoms with E-state index < -0.39 is 0 Å². The summed E-state index contributed by atoms with van der Waals surface area (Å²) in [4.78, 5) is 14.5. The minimum atomic E-state index is 0.0421. The van der Waals surface area contributed by atoms with Gasteiger partial charge in [-0.3, -0.25) is 9.69 Å². The molecule has 0 unspecified atom stereocenters. The van der Waals surface area contributed by atoms with Crippen molar-refractivity contribution in [3.63, 3.8) is 0 Å². The summed E-state index contributed by atoms with van der Waals surface area (Å²) in [7, 11) is 0. The molecule has 2 rings (SSSR count). The lowest BCUT2D eigenvalue weighted by molar-refractivity contribution is 0.0370. The predicted octanol–water partition coefficient (Wildman–Crippen LogP) is 2.64. The van der Waals surface area contributed by atoms with E-state index in [0.717, 1.165) is 19.5 Å². The Morgan fingerprint density at radius 2 is 2.15 bits per heavy atom. The number of hydrogen-bond acceptors (Lipinski definition) is 4. The second kappa shape index (κ2) is 7.62. The van der Waals surface area contributed by atoms with Crippen LogP contribution in [0.15, 0.2) is 18.2 Å². The molecule has 1 fully saturated rings. The van der Waals surface area contributed by atoms with Crippen molar-refractivity contribution in [1.82, 2.24) is 4.90 Å². The van der Waals surface area contributed by atoms with Gasteiger partial charge in [-0.25, -0.2) is 0 Å². The number of benzene rings is 1. The molecule has 4 nitrogen and oxygen atoms in total. The highest BCUT2D eigenvalue weighted by atomic mass is 35.5. The van der Waals surface area contributed by atoms with Crippen molar-refractivity contribution in [3.05, 3.63) is 28.8 Å². The van der Waals surface area contributed by atoms with Gasteiger partial charge in [0.1, 0.15) is 5.75 Å². The quantitative estimate of drug-likeness (QED) is 0.757. The second-order valence-electron chi connectivity index (χ2n) is 4.80. The van der Waals surface area contributed by atoms with Gasteiger partial charge in [0.25, 0.3) is 0 Å². The van der Waals surface area contributed by atoms with Gasteiger partial charge < -0.3 is 9.47 Å². The van der Waals surface area contributed by atoms with Gasteiger partial charge in [-0.2, -0.15) is 0 Å². The topological polar surface area (TPSA) is 38.8 Å². The largest absolute Gasteiger partial charge is 0.493 e. The van der Waals surface area contributed by atoms with Crippen molar-refractivity contribution < 1.29 is 14.3 Å². The summed E-state index contributed by atoms with van der Waals surface area (Å²) >= 11 is 6.00. The van der Waals surface area contributed by atoms with Crippen molar-refractivity contribution >= 4 is 17.4 Å². The summed E-state index contributed by atoms with van der Waals surface area (Å²) in [5, 5.41) is 0.555. The molecule has 1 saturated heterocycles. The monoisotopic (exact) mass is 297 g/mol. The third kappa shape index (κ3) is 4.20. The van der Waals surface area contributed by atoms with E-state index in [1.807, 2.05) is 6.92 Å². The average molecular weight is 298 g/mol. The summed E-state index contributed by atoms with van der Waals surface area (Å²) in [6.45, 7) is 5.95. The fourth-order valence-electron chi connectivity index (χ4n) is 2.11. The fourth-order valence-corrected chi connectivity index (χ4v) is 2.28. The number of ketones is 1. The Kier molecular flexibility index (Phi) is 5.83. The molecule has 20 heavy (non-hydrogen) atoms. The SMILES string of the molecule is CCCOc1ccc(Cl)cc1C(=O)CN1CCOCC1. The van der Waals surface area contributed by atoms with Gasteiger partial charge in [0.2, 0.25) is 0 Å². The molecular weight excluding hydrogens is 278 g/mol. The number of hydrogen-bond donors (Lipinski definition) is 0. The van der Waals surface area contributed by atoms with E-state index in [0.29, 0.717) is 42.7 Å². The molecule has 1 aromatic carbocycles. The lowest BCUT2D eigenvalue weighted by Crippen LogP contribution is -2.39. The van der Waals surface area contributed by atoms with E-state index in [4.69, 9.17) is 21.1 Å². The van der Waals surface area contributed by atoms with Crippen molar-refractivity contribution in [2.24, 2.45) is 0 Å². The smallest absolute Gasteiger partial charge is 0.180 e. The molecule has 0 N–H and O–H groups in total. The van der Waals surface area contributed by atoms with Crippen molar-refractivity contribution in [2.75, 3.05) is 39.5 Å². The van der Waals surface area contributed by atoms with E-state index in [1.165, 1.54) is 0 Å². The minimum absolute atomic E-state index is 0.0421. The molecule has 1 aliphatic heterocycles. The Hall–Kier alpha value is -1.10. The van der Waals surface area contributed by atoms with Crippen LogP contribution in [0.3, 0.4) is 0 Å². The van der Waals surface area contributed by atoms with E-state index in [9.17, 15) is 4.79 Å². The summed E-state index contributed by atoms with van der Waals surface area (Å²) in [6, 6.07) is 5.21. The zero-order valence-corrected chi connectivity index (χ0v) is 12.5. The molecule has 0 aromatic heterocycles. The first kappa shape index (κ1) is 15.3. The molecule has 0 saturated carbocycles. The number of carbonyl (C=O) groups is 1. The molecule has 0 aliphatic carbocycles. The number of carbonyl (C=O) groups excluding carboxylic acids is 1. The van der Waals surface area contributed by atoms with Crippen molar-refractivity contribution in [1.29, 1.82) is 0 Å². The van der Waals surface area contributed by atoms with Gasteiger partial charge in [0, 0.05) is 18.1 Å². The summed E-state index contributed by atoms with van der Waals surface area (Å²) in [5.41, 5.74) is 0.567. The van der Waals surface area contributed by atoms with Gasteiger partial charge >= 0.3 is 0 Å². The number of halogens is 1. The van der Waals surface area contributed by atoms with Crippen LogP contribution in [-0.4, -0.2) is 50.1 Å².